The van der Waals surface area contributed by atoms with Gasteiger partial charge in [0.25, 0.3) is 5.91 Å². The van der Waals surface area contributed by atoms with E-state index in [-0.39, 0.29) is 5.91 Å². The molecule has 0 atom stereocenters. The number of halogens is 1. The SMILES string of the molecule is CSc1ccc(CNC(=O)c2ccc(-n3nnc4cccnc43)cc2Cl)cc1. The largest absolute Gasteiger partial charge is 0.348 e. The van der Waals surface area contributed by atoms with Gasteiger partial charge in [-0.05, 0) is 54.3 Å². The van der Waals surface area contributed by atoms with Gasteiger partial charge < -0.3 is 5.32 Å². The average Bonchev–Trinajstić information content (AvgIpc) is 3.16. The molecule has 0 aliphatic rings. The van der Waals surface area contributed by atoms with Gasteiger partial charge in [-0.2, -0.15) is 4.68 Å². The number of pyridine rings is 1. The Morgan fingerprint density at radius 2 is 2.00 bits per heavy atom. The summed E-state index contributed by atoms with van der Waals surface area (Å²) in [4.78, 5) is 18.0. The van der Waals surface area contributed by atoms with Gasteiger partial charge >= 0.3 is 0 Å². The van der Waals surface area contributed by atoms with Crippen LogP contribution in [-0.2, 0) is 6.54 Å². The third kappa shape index (κ3) is 3.72. The maximum absolute atomic E-state index is 12.5. The number of rotatable bonds is 5. The van der Waals surface area contributed by atoms with Crippen LogP contribution in [0.5, 0.6) is 0 Å². The zero-order chi connectivity index (χ0) is 19.5. The molecule has 1 N–H and O–H groups in total. The fourth-order valence-corrected chi connectivity index (χ4v) is 3.45. The maximum atomic E-state index is 12.5. The van der Waals surface area contributed by atoms with Crippen LogP contribution in [0.4, 0.5) is 0 Å². The van der Waals surface area contributed by atoms with E-state index < -0.39 is 0 Å². The van der Waals surface area contributed by atoms with Crippen molar-refractivity contribution < 1.29 is 4.79 Å². The summed E-state index contributed by atoms with van der Waals surface area (Å²) in [5, 5.41) is 11.4. The summed E-state index contributed by atoms with van der Waals surface area (Å²) in [5.41, 5.74) is 3.44. The van der Waals surface area contributed by atoms with E-state index in [2.05, 4.69) is 20.6 Å². The highest BCUT2D eigenvalue weighted by Gasteiger charge is 2.13. The molecular weight excluding hydrogens is 394 g/mol. The number of benzene rings is 2. The minimum absolute atomic E-state index is 0.230. The molecule has 0 radical (unpaired) electrons. The van der Waals surface area contributed by atoms with Crippen LogP contribution in [0.25, 0.3) is 16.9 Å². The molecule has 140 valence electrons. The fourth-order valence-electron chi connectivity index (χ4n) is 2.78. The molecule has 1 amide bonds. The Morgan fingerprint density at radius 1 is 1.18 bits per heavy atom. The first-order chi connectivity index (χ1) is 13.7. The second-order valence-electron chi connectivity index (χ2n) is 6.04. The lowest BCUT2D eigenvalue weighted by atomic mass is 10.1. The summed E-state index contributed by atoms with van der Waals surface area (Å²) in [6.45, 7) is 0.434. The zero-order valence-electron chi connectivity index (χ0n) is 15.0. The van der Waals surface area contributed by atoms with Crippen LogP contribution in [0.15, 0.2) is 65.7 Å². The van der Waals surface area contributed by atoms with Gasteiger partial charge in [-0.25, -0.2) is 4.98 Å². The first kappa shape index (κ1) is 18.5. The Kier molecular flexibility index (Phi) is 5.27. The minimum Gasteiger partial charge on any atom is -0.348 e. The topological polar surface area (TPSA) is 72.7 Å². The molecular formula is C20H16ClN5OS. The van der Waals surface area contributed by atoms with E-state index in [1.165, 1.54) is 4.90 Å². The van der Waals surface area contributed by atoms with Crippen molar-refractivity contribution in [2.75, 3.05) is 6.26 Å². The standard InChI is InChI=1S/C20H16ClN5OS/c1-28-15-7-4-13(5-8-15)12-23-20(27)16-9-6-14(11-17(16)21)26-19-18(24-25-26)3-2-10-22-19/h2-11H,12H2,1H3,(H,23,27). The quantitative estimate of drug-likeness (QED) is 0.502. The number of amides is 1. The molecule has 2 aromatic heterocycles. The Morgan fingerprint density at radius 3 is 2.75 bits per heavy atom. The lowest BCUT2D eigenvalue weighted by molar-refractivity contribution is 0.0951. The maximum Gasteiger partial charge on any atom is 0.253 e. The predicted molar refractivity (Wildman–Crippen MR) is 111 cm³/mol. The van der Waals surface area contributed by atoms with Crippen LogP contribution in [0, 0.1) is 0 Å². The summed E-state index contributed by atoms with van der Waals surface area (Å²) >= 11 is 8.05. The van der Waals surface area contributed by atoms with E-state index in [4.69, 9.17) is 11.6 Å². The van der Waals surface area contributed by atoms with Crippen molar-refractivity contribution >= 4 is 40.4 Å². The number of aromatic nitrogens is 4. The number of carbonyl (C=O) groups is 1. The number of thioether (sulfide) groups is 1. The van der Waals surface area contributed by atoms with Gasteiger partial charge in [0.2, 0.25) is 0 Å². The van der Waals surface area contributed by atoms with E-state index in [1.54, 1.807) is 46.9 Å². The monoisotopic (exact) mass is 409 g/mol. The van der Waals surface area contributed by atoms with Gasteiger partial charge in [-0.1, -0.05) is 28.9 Å². The van der Waals surface area contributed by atoms with Crippen molar-refractivity contribution in [3.63, 3.8) is 0 Å². The number of nitrogens with zero attached hydrogens (tertiary/aromatic N) is 4. The van der Waals surface area contributed by atoms with Crippen LogP contribution in [0.1, 0.15) is 15.9 Å². The van der Waals surface area contributed by atoms with E-state index in [9.17, 15) is 4.79 Å². The molecule has 6 nitrogen and oxygen atoms in total. The summed E-state index contributed by atoms with van der Waals surface area (Å²) < 4.78 is 1.59. The molecule has 0 unspecified atom stereocenters. The number of nitrogens with one attached hydrogen (secondary N) is 1. The van der Waals surface area contributed by atoms with E-state index in [0.29, 0.717) is 34.0 Å². The molecule has 28 heavy (non-hydrogen) atoms. The normalized spacial score (nSPS) is 10.9. The van der Waals surface area contributed by atoms with E-state index in [1.807, 2.05) is 36.6 Å². The molecule has 0 fully saturated rings. The number of carbonyl (C=O) groups excluding carboxylic acids is 1. The predicted octanol–water partition coefficient (Wildman–Crippen LogP) is 4.12. The molecule has 8 heteroatoms. The van der Waals surface area contributed by atoms with Gasteiger partial charge in [0.1, 0.15) is 5.52 Å². The first-order valence-corrected chi connectivity index (χ1v) is 10.1. The van der Waals surface area contributed by atoms with Gasteiger partial charge in [0.05, 0.1) is 16.3 Å². The van der Waals surface area contributed by atoms with Gasteiger partial charge in [-0.3, -0.25) is 4.79 Å². The Labute approximate surface area is 170 Å². The van der Waals surface area contributed by atoms with Crippen molar-refractivity contribution in [2.24, 2.45) is 0 Å². The summed E-state index contributed by atoms with van der Waals surface area (Å²) in [7, 11) is 0. The van der Waals surface area contributed by atoms with Crippen molar-refractivity contribution in [1.82, 2.24) is 25.3 Å². The molecule has 0 saturated carbocycles. The Bertz CT molecular complexity index is 1140. The second kappa shape index (κ2) is 8.00. The van der Waals surface area contributed by atoms with Crippen LogP contribution in [0.2, 0.25) is 5.02 Å². The average molecular weight is 410 g/mol. The van der Waals surface area contributed by atoms with Crippen LogP contribution >= 0.6 is 23.4 Å². The molecule has 0 aliphatic carbocycles. The van der Waals surface area contributed by atoms with Crippen LogP contribution < -0.4 is 5.32 Å². The third-order valence-corrected chi connectivity index (χ3v) is 5.32. The molecule has 0 aliphatic heterocycles. The van der Waals surface area contributed by atoms with Crippen molar-refractivity contribution in [3.8, 4) is 5.69 Å². The highest BCUT2D eigenvalue weighted by molar-refractivity contribution is 7.98. The lowest BCUT2D eigenvalue weighted by Gasteiger charge is -2.09. The fraction of sp³-hybridized carbons (Fsp3) is 0.100. The second-order valence-corrected chi connectivity index (χ2v) is 7.33. The molecule has 0 spiro atoms. The van der Waals surface area contributed by atoms with Crippen LogP contribution in [0.3, 0.4) is 0 Å². The third-order valence-electron chi connectivity index (χ3n) is 4.26. The van der Waals surface area contributed by atoms with Gasteiger partial charge in [0.15, 0.2) is 5.65 Å². The van der Waals surface area contributed by atoms with Crippen molar-refractivity contribution in [2.45, 2.75) is 11.4 Å². The van der Waals surface area contributed by atoms with E-state index >= 15 is 0 Å². The molecule has 4 aromatic rings. The molecule has 4 rings (SSSR count). The van der Waals surface area contributed by atoms with Crippen molar-refractivity contribution in [3.05, 3.63) is 76.9 Å². The first-order valence-electron chi connectivity index (χ1n) is 8.53. The molecule has 0 saturated heterocycles. The highest BCUT2D eigenvalue weighted by atomic mass is 35.5. The van der Waals surface area contributed by atoms with Gasteiger partial charge in [-0.15, -0.1) is 16.9 Å². The van der Waals surface area contributed by atoms with Crippen molar-refractivity contribution in [1.29, 1.82) is 0 Å². The Hall–Kier alpha value is -2.90. The van der Waals surface area contributed by atoms with E-state index in [0.717, 1.165) is 5.56 Å². The Balaban J connectivity index is 1.51. The number of fused-ring (bicyclic) bond motifs is 1. The molecule has 0 bridgehead atoms. The summed E-state index contributed by atoms with van der Waals surface area (Å²) in [5.74, 6) is -0.230. The smallest absolute Gasteiger partial charge is 0.253 e. The molecule has 2 aromatic carbocycles. The summed E-state index contributed by atoms with van der Waals surface area (Å²) in [6.07, 6.45) is 3.71. The zero-order valence-corrected chi connectivity index (χ0v) is 16.5. The highest BCUT2D eigenvalue weighted by Crippen LogP contribution is 2.22. The molecule has 2 heterocycles. The number of hydrogen-bond acceptors (Lipinski definition) is 5. The minimum atomic E-state index is -0.230. The summed E-state index contributed by atoms with van der Waals surface area (Å²) in [6, 6.07) is 16.8. The van der Waals surface area contributed by atoms with Crippen LogP contribution in [-0.4, -0.2) is 32.1 Å². The number of hydrogen-bond donors (Lipinski definition) is 1. The lowest BCUT2D eigenvalue weighted by Crippen LogP contribution is -2.23. The van der Waals surface area contributed by atoms with Gasteiger partial charge in [0, 0.05) is 17.6 Å².